The Morgan fingerprint density at radius 1 is 1.07 bits per heavy atom. The Morgan fingerprint density at radius 2 is 1.64 bits per heavy atom. The molecule has 0 atom stereocenters. The van der Waals surface area contributed by atoms with E-state index >= 15 is 0 Å². The molecule has 1 saturated heterocycles. The first-order valence-corrected chi connectivity index (χ1v) is 12.1. The predicted molar refractivity (Wildman–Crippen MR) is 121 cm³/mol. The molecule has 0 saturated carbocycles. The SMILES string of the molecule is CCCCC(CCCC)CSc1ccc(C(=O)C(C)(C)N2CCOCC2)cc1. The maximum absolute atomic E-state index is 13.1. The Balaban J connectivity index is 1.93. The molecule has 158 valence electrons. The van der Waals surface area contributed by atoms with Crippen LogP contribution in [0.15, 0.2) is 29.2 Å². The molecule has 1 fully saturated rings. The normalized spacial score (nSPS) is 15.9. The minimum absolute atomic E-state index is 0.203. The average Bonchev–Trinajstić information content (AvgIpc) is 2.73. The van der Waals surface area contributed by atoms with E-state index in [1.54, 1.807) is 0 Å². The van der Waals surface area contributed by atoms with E-state index in [4.69, 9.17) is 4.74 Å². The van der Waals surface area contributed by atoms with E-state index in [1.807, 2.05) is 37.7 Å². The van der Waals surface area contributed by atoms with Crippen molar-refractivity contribution in [2.45, 2.75) is 76.7 Å². The van der Waals surface area contributed by atoms with Crippen molar-refractivity contribution in [3.8, 4) is 0 Å². The van der Waals surface area contributed by atoms with Gasteiger partial charge in [0.05, 0.1) is 18.8 Å². The van der Waals surface area contributed by atoms with E-state index in [9.17, 15) is 4.79 Å². The predicted octanol–water partition coefficient (Wildman–Crippen LogP) is 6.07. The molecule has 1 aliphatic heterocycles. The Hall–Kier alpha value is -0.840. The first kappa shape index (κ1) is 23.4. The van der Waals surface area contributed by atoms with E-state index in [1.165, 1.54) is 49.2 Å². The summed E-state index contributed by atoms with van der Waals surface area (Å²) in [6.07, 6.45) is 7.91. The van der Waals surface area contributed by atoms with Crippen LogP contribution in [0.25, 0.3) is 0 Å². The summed E-state index contributed by atoms with van der Waals surface area (Å²) in [5, 5.41) is 0. The molecule has 1 heterocycles. The van der Waals surface area contributed by atoms with Crippen LogP contribution >= 0.6 is 11.8 Å². The second kappa shape index (κ2) is 12.0. The van der Waals surface area contributed by atoms with Crippen LogP contribution in [0, 0.1) is 5.92 Å². The summed E-state index contributed by atoms with van der Waals surface area (Å²) in [5.41, 5.74) is 0.332. The zero-order chi connectivity index (χ0) is 20.4. The van der Waals surface area contributed by atoms with Crippen molar-refractivity contribution in [2.75, 3.05) is 32.1 Å². The number of hydrogen-bond acceptors (Lipinski definition) is 4. The molecule has 28 heavy (non-hydrogen) atoms. The molecule has 0 amide bonds. The highest BCUT2D eigenvalue weighted by molar-refractivity contribution is 7.99. The number of carbonyl (C=O) groups excluding carboxylic acids is 1. The van der Waals surface area contributed by atoms with Crippen LogP contribution in [0.5, 0.6) is 0 Å². The zero-order valence-corrected chi connectivity index (χ0v) is 19.2. The molecule has 1 aromatic rings. The number of ketones is 1. The van der Waals surface area contributed by atoms with E-state index in [0.717, 1.165) is 24.6 Å². The number of unbranched alkanes of at least 4 members (excludes halogenated alkanes) is 2. The fraction of sp³-hybridized carbons (Fsp3) is 0.708. The number of benzene rings is 1. The number of carbonyl (C=O) groups is 1. The average molecular weight is 406 g/mol. The van der Waals surface area contributed by atoms with Gasteiger partial charge in [-0.15, -0.1) is 11.8 Å². The van der Waals surface area contributed by atoms with Crippen molar-refractivity contribution < 1.29 is 9.53 Å². The number of hydrogen-bond donors (Lipinski definition) is 0. The second-order valence-corrected chi connectivity index (χ2v) is 9.57. The molecule has 4 heteroatoms. The molecule has 0 aliphatic carbocycles. The summed E-state index contributed by atoms with van der Waals surface area (Å²) >= 11 is 1.95. The summed E-state index contributed by atoms with van der Waals surface area (Å²) < 4.78 is 5.44. The Labute approximate surface area is 176 Å². The van der Waals surface area contributed by atoms with Crippen molar-refractivity contribution >= 4 is 17.5 Å². The Bertz CT molecular complexity index is 571. The summed E-state index contributed by atoms with van der Waals surface area (Å²) in [4.78, 5) is 16.6. The molecule has 0 spiro atoms. The fourth-order valence-electron chi connectivity index (χ4n) is 3.83. The van der Waals surface area contributed by atoms with Gasteiger partial charge < -0.3 is 4.74 Å². The lowest BCUT2D eigenvalue weighted by atomic mass is 9.91. The summed E-state index contributed by atoms with van der Waals surface area (Å²) in [7, 11) is 0. The van der Waals surface area contributed by atoms with Crippen LogP contribution in [0.1, 0.15) is 76.6 Å². The van der Waals surface area contributed by atoms with E-state index in [0.29, 0.717) is 13.2 Å². The van der Waals surface area contributed by atoms with Gasteiger partial charge in [0.25, 0.3) is 0 Å². The summed E-state index contributed by atoms with van der Waals surface area (Å²) in [5.74, 6) is 2.20. The third-order valence-electron chi connectivity index (χ3n) is 5.89. The standard InChI is InChI=1S/C24H39NO2S/c1-5-7-9-20(10-8-6-2)19-28-22-13-11-21(12-14-22)23(26)24(3,4)25-15-17-27-18-16-25/h11-14,20H,5-10,15-19H2,1-4H3. The van der Waals surface area contributed by atoms with Gasteiger partial charge in [-0.3, -0.25) is 9.69 Å². The van der Waals surface area contributed by atoms with Crippen molar-refractivity contribution in [1.29, 1.82) is 0 Å². The fourth-order valence-corrected chi connectivity index (χ4v) is 4.92. The van der Waals surface area contributed by atoms with Gasteiger partial charge in [0.1, 0.15) is 0 Å². The highest BCUT2D eigenvalue weighted by atomic mass is 32.2. The molecular weight excluding hydrogens is 366 g/mol. The third-order valence-corrected chi connectivity index (χ3v) is 7.13. The minimum atomic E-state index is -0.482. The third kappa shape index (κ3) is 6.89. The lowest BCUT2D eigenvalue weighted by Crippen LogP contribution is -2.54. The van der Waals surface area contributed by atoms with Crippen LogP contribution in [0.2, 0.25) is 0 Å². The second-order valence-electron chi connectivity index (χ2n) is 8.47. The number of Topliss-reactive ketones (excluding diaryl/α,β-unsaturated/α-hetero) is 1. The van der Waals surface area contributed by atoms with Gasteiger partial charge in [-0.05, 0) is 44.7 Å². The highest BCUT2D eigenvalue weighted by Crippen LogP contribution is 2.28. The minimum Gasteiger partial charge on any atom is -0.379 e. The summed E-state index contributed by atoms with van der Waals surface area (Å²) in [6, 6.07) is 8.29. The first-order chi connectivity index (χ1) is 13.5. The first-order valence-electron chi connectivity index (χ1n) is 11.1. The van der Waals surface area contributed by atoms with E-state index in [-0.39, 0.29) is 5.78 Å². The zero-order valence-electron chi connectivity index (χ0n) is 18.3. The smallest absolute Gasteiger partial charge is 0.182 e. The molecule has 0 unspecified atom stereocenters. The maximum atomic E-state index is 13.1. The molecule has 2 rings (SSSR count). The van der Waals surface area contributed by atoms with E-state index < -0.39 is 5.54 Å². The van der Waals surface area contributed by atoms with Crippen molar-refractivity contribution in [1.82, 2.24) is 4.90 Å². The number of ether oxygens (including phenoxy) is 1. The molecule has 0 aromatic heterocycles. The molecule has 0 radical (unpaired) electrons. The molecule has 3 nitrogen and oxygen atoms in total. The maximum Gasteiger partial charge on any atom is 0.182 e. The van der Waals surface area contributed by atoms with Crippen molar-refractivity contribution in [3.63, 3.8) is 0 Å². The van der Waals surface area contributed by atoms with Crippen LogP contribution < -0.4 is 0 Å². The van der Waals surface area contributed by atoms with Crippen molar-refractivity contribution in [3.05, 3.63) is 29.8 Å². The molecule has 0 N–H and O–H groups in total. The van der Waals surface area contributed by atoms with Gasteiger partial charge >= 0.3 is 0 Å². The summed E-state index contributed by atoms with van der Waals surface area (Å²) in [6.45, 7) is 11.7. The number of nitrogens with zero attached hydrogens (tertiary/aromatic N) is 1. The molecular formula is C24H39NO2S. The molecule has 1 aliphatic rings. The number of morpholine rings is 1. The largest absolute Gasteiger partial charge is 0.379 e. The lowest BCUT2D eigenvalue weighted by Gasteiger charge is -2.39. The highest BCUT2D eigenvalue weighted by Gasteiger charge is 2.35. The molecule has 0 bridgehead atoms. The number of rotatable bonds is 12. The van der Waals surface area contributed by atoms with Gasteiger partial charge in [-0.25, -0.2) is 0 Å². The van der Waals surface area contributed by atoms with E-state index in [2.05, 4.69) is 30.9 Å². The van der Waals surface area contributed by atoms with Crippen LogP contribution in [-0.2, 0) is 4.74 Å². The molecule has 1 aromatic carbocycles. The quantitative estimate of drug-likeness (QED) is 0.312. The van der Waals surface area contributed by atoms with Crippen LogP contribution in [-0.4, -0.2) is 48.3 Å². The topological polar surface area (TPSA) is 29.5 Å². The number of thioether (sulfide) groups is 1. The van der Waals surface area contributed by atoms with Gasteiger partial charge in [0, 0.05) is 29.3 Å². The monoisotopic (exact) mass is 405 g/mol. The van der Waals surface area contributed by atoms with Crippen LogP contribution in [0.3, 0.4) is 0 Å². The Kier molecular flexibility index (Phi) is 10.0. The van der Waals surface area contributed by atoms with Gasteiger partial charge in [-0.1, -0.05) is 51.7 Å². The van der Waals surface area contributed by atoms with Gasteiger partial charge in [-0.2, -0.15) is 0 Å². The Morgan fingerprint density at radius 3 is 2.18 bits per heavy atom. The van der Waals surface area contributed by atoms with Gasteiger partial charge in [0.2, 0.25) is 0 Å². The van der Waals surface area contributed by atoms with Crippen LogP contribution in [0.4, 0.5) is 0 Å². The lowest BCUT2D eigenvalue weighted by molar-refractivity contribution is -0.00430. The van der Waals surface area contributed by atoms with Crippen molar-refractivity contribution in [2.24, 2.45) is 5.92 Å². The van der Waals surface area contributed by atoms with Gasteiger partial charge in [0.15, 0.2) is 5.78 Å².